The van der Waals surface area contributed by atoms with Crippen LogP contribution in [-0.2, 0) is 26.2 Å². The van der Waals surface area contributed by atoms with Gasteiger partial charge in [0.2, 0.25) is 21.8 Å². The molecule has 0 aliphatic heterocycles. The van der Waals surface area contributed by atoms with E-state index in [1.54, 1.807) is 57.4 Å². The van der Waals surface area contributed by atoms with Crippen LogP contribution in [0.2, 0.25) is 5.02 Å². The molecule has 0 aliphatic rings. The number of halogens is 1. The normalized spacial score (nSPS) is 12.2. The zero-order valence-electron chi connectivity index (χ0n) is 21.0. The number of carbonyl (C=O) groups excluding carboxylic acids is 2. The van der Waals surface area contributed by atoms with Gasteiger partial charge in [0.1, 0.15) is 18.3 Å². The maximum absolute atomic E-state index is 13.6. The van der Waals surface area contributed by atoms with Crippen molar-refractivity contribution in [1.29, 1.82) is 0 Å². The highest BCUT2D eigenvalue weighted by atomic mass is 35.5. The number of nitrogens with zero attached hydrogens (tertiary/aromatic N) is 2. The lowest BCUT2D eigenvalue weighted by molar-refractivity contribution is -0.139. The van der Waals surface area contributed by atoms with Crippen LogP contribution in [0, 0.1) is 12.8 Å². The molecule has 0 fully saturated rings. The molecule has 0 aromatic heterocycles. The number of sulfonamides is 1. The second-order valence-corrected chi connectivity index (χ2v) is 11.2. The fourth-order valence-electron chi connectivity index (χ4n) is 3.41. The largest absolute Gasteiger partial charge is 0.497 e. The lowest BCUT2D eigenvalue weighted by atomic mass is 10.1. The quantitative estimate of drug-likeness (QED) is 0.485. The molecule has 35 heavy (non-hydrogen) atoms. The summed E-state index contributed by atoms with van der Waals surface area (Å²) in [7, 11) is -2.27. The van der Waals surface area contributed by atoms with Gasteiger partial charge in [0.15, 0.2) is 0 Å². The lowest BCUT2D eigenvalue weighted by Gasteiger charge is -2.32. The minimum Gasteiger partial charge on any atom is -0.497 e. The number of benzene rings is 2. The van der Waals surface area contributed by atoms with Gasteiger partial charge in [-0.15, -0.1) is 0 Å². The molecule has 0 spiro atoms. The molecular formula is C25H34ClN3O5S. The first-order valence-corrected chi connectivity index (χ1v) is 13.5. The van der Waals surface area contributed by atoms with E-state index >= 15 is 0 Å². The number of aryl methyl sites for hydroxylation is 1. The second kappa shape index (κ2) is 12.3. The third-order valence-electron chi connectivity index (χ3n) is 5.48. The number of amides is 2. The Labute approximate surface area is 213 Å². The number of ether oxygens (including phenoxy) is 1. The third kappa shape index (κ3) is 8.14. The number of hydrogen-bond donors (Lipinski definition) is 1. The van der Waals surface area contributed by atoms with Crippen LogP contribution in [0.5, 0.6) is 5.75 Å². The number of methoxy groups -OCH3 is 1. The number of nitrogens with one attached hydrogen (secondary N) is 1. The number of anilines is 1. The summed E-state index contributed by atoms with van der Waals surface area (Å²) in [5.74, 6) is 0.0701. The van der Waals surface area contributed by atoms with E-state index in [0.29, 0.717) is 28.6 Å². The fourth-order valence-corrected chi connectivity index (χ4v) is 4.47. The van der Waals surface area contributed by atoms with Crippen LogP contribution < -0.4 is 14.4 Å². The standard InChI is InChI=1S/C25H34ClN3O5S/c1-17(2)14-27-25(31)19(4)28(15-20-8-11-22(34-5)12-9-20)24(30)16-29(35(6,32)33)23-13-21(26)10-7-18(23)3/h7-13,17,19H,14-16H2,1-6H3,(H,27,31). The first-order chi connectivity index (χ1) is 16.3. The summed E-state index contributed by atoms with van der Waals surface area (Å²) < 4.78 is 31.6. The van der Waals surface area contributed by atoms with Crippen LogP contribution in [-0.4, -0.2) is 57.6 Å². The van der Waals surface area contributed by atoms with Crippen molar-refractivity contribution in [2.24, 2.45) is 5.92 Å². The smallest absolute Gasteiger partial charge is 0.244 e. The van der Waals surface area contributed by atoms with E-state index in [0.717, 1.165) is 16.1 Å². The molecule has 2 aromatic rings. The highest BCUT2D eigenvalue weighted by Gasteiger charge is 2.30. The summed E-state index contributed by atoms with van der Waals surface area (Å²) >= 11 is 6.11. The fraction of sp³-hybridized carbons (Fsp3) is 0.440. The molecule has 10 heteroatoms. The molecular weight excluding hydrogens is 490 g/mol. The van der Waals surface area contributed by atoms with E-state index in [4.69, 9.17) is 16.3 Å². The minimum atomic E-state index is -3.82. The molecule has 0 heterocycles. The topological polar surface area (TPSA) is 96.0 Å². The molecule has 2 rings (SSSR count). The average Bonchev–Trinajstić information content (AvgIpc) is 2.80. The average molecular weight is 524 g/mol. The van der Waals surface area contributed by atoms with Gasteiger partial charge in [-0.1, -0.05) is 43.6 Å². The molecule has 192 valence electrons. The van der Waals surface area contributed by atoms with Crippen LogP contribution in [0.3, 0.4) is 0 Å². The van der Waals surface area contributed by atoms with Crippen LogP contribution in [0.25, 0.3) is 0 Å². The first kappa shape index (κ1) is 28.5. The van der Waals surface area contributed by atoms with Crippen molar-refractivity contribution in [3.8, 4) is 5.75 Å². The summed E-state index contributed by atoms with van der Waals surface area (Å²) in [6.45, 7) is 7.43. The van der Waals surface area contributed by atoms with E-state index in [-0.39, 0.29) is 18.4 Å². The SMILES string of the molecule is COc1ccc(CN(C(=O)CN(c2cc(Cl)ccc2C)S(C)(=O)=O)C(C)C(=O)NCC(C)C)cc1. The molecule has 8 nitrogen and oxygen atoms in total. The van der Waals surface area contributed by atoms with E-state index in [1.807, 2.05) is 13.8 Å². The molecule has 1 unspecified atom stereocenters. The highest BCUT2D eigenvalue weighted by Crippen LogP contribution is 2.27. The van der Waals surface area contributed by atoms with Crippen molar-refractivity contribution in [2.75, 3.05) is 30.8 Å². The van der Waals surface area contributed by atoms with Crippen LogP contribution >= 0.6 is 11.6 Å². The van der Waals surface area contributed by atoms with E-state index in [9.17, 15) is 18.0 Å². The van der Waals surface area contributed by atoms with Gasteiger partial charge in [0.25, 0.3) is 0 Å². The van der Waals surface area contributed by atoms with Gasteiger partial charge in [0, 0.05) is 18.1 Å². The Bertz CT molecular complexity index is 1140. The Kier molecular flexibility index (Phi) is 9.97. The van der Waals surface area contributed by atoms with Crippen molar-refractivity contribution in [3.63, 3.8) is 0 Å². The zero-order chi connectivity index (χ0) is 26.3. The molecule has 0 radical (unpaired) electrons. The predicted molar refractivity (Wildman–Crippen MR) is 139 cm³/mol. The van der Waals surface area contributed by atoms with E-state index in [2.05, 4.69) is 5.32 Å². The van der Waals surface area contributed by atoms with E-state index in [1.165, 1.54) is 11.0 Å². The first-order valence-electron chi connectivity index (χ1n) is 11.3. The molecule has 0 aliphatic carbocycles. The molecule has 0 bridgehead atoms. The minimum absolute atomic E-state index is 0.116. The van der Waals surface area contributed by atoms with Gasteiger partial charge in [-0.25, -0.2) is 8.42 Å². The van der Waals surface area contributed by atoms with Gasteiger partial charge >= 0.3 is 0 Å². The summed E-state index contributed by atoms with van der Waals surface area (Å²) in [6, 6.07) is 11.2. The second-order valence-electron chi connectivity index (χ2n) is 8.89. The van der Waals surface area contributed by atoms with Gasteiger partial charge < -0.3 is 15.0 Å². The molecule has 0 saturated carbocycles. The Hall–Kier alpha value is -2.78. The number of hydrogen-bond acceptors (Lipinski definition) is 5. The third-order valence-corrected chi connectivity index (χ3v) is 6.84. The van der Waals surface area contributed by atoms with Crippen LogP contribution in [0.1, 0.15) is 31.9 Å². The molecule has 1 N–H and O–H groups in total. The molecule has 2 amide bonds. The summed E-state index contributed by atoms with van der Waals surface area (Å²) in [6.07, 6.45) is 1.03. The van der Waals surface area contributed by atoms with Crippen molar-refractivity contribution >= 4 is 39.1 Å². The number of rotatable bonds is 11. The van der Waals surface area contributed by atoms with E-state index < -0.39 is 28.5 Å². The maximum Gasteiger partial charge on any atom is 0.244 e. The van der Waals surface area contributed by atoms with Crippen molar-refractivity contribution in [3.05, 3.63) is 58.6 Å². The summed E-state index contributed by atoms with van der Waals surface area (Å²) in [5.41, 5.74) is 1.74. The lowest BCUT2D eigenvalue weighted by Crippen LogP contribution is -2.51. The van der Waals surface area contributed by atoms with Crippen molar-refractivity contribution < 1.29 is 22.7 Å². The molecule has 0 saturated heterocycles. The Morgan fingerprint density at radius 3 is 2.26 bits per heavy atom. The highest BCUT2D eigenvalue weighted by molar-refractivity contribution is 7.92. The van der Waals surface area contributed by atoms with Crippen LogP contribution in [0.15, 0.2) is 42.5 Å². The zero-order valence-corrected chi connectivity index (χ0v) is 22.6. The van der Waals surface area contributed by atoms with Gasteiger partial charge in [-0.3, -0.25) is 13.9 Å². The molecule has 1 atom stereocenters. The van der Waals surface area contributed by atoms with Crippen molar-refractivity contribution in [2.45, 2.75) is 40.3 Å². The number of carbonyl (C=O) groups is 2. The van der Waals surface area contributed by atoms with Crippen LogP contribution in [0.4, 0.5) is 5.69 Å². The van der Waals surface area contributed by atoms with Gasteiger partial charge in [-0.05, 0) is 55.2 Å². The predicted octanol–water partition coefficient (Wildman–Crippen LogP) is 3.61. The monoisotopic (exact) mass is 523 g/mol. The van der Waals surface area contributed by atoms with Crippen molar-refractivity contribution in [1.82, 2.24) is 10.2 Å². The Morgan fingerprint density at radius 2 is 1.71 bits per heavy atom. The Morgan fingerprint density at radius 1 is 1.09 bits per heavy atom. The van der Waals surface area contributed by atoms with Gasteiger partial charge in [0.05, 0.1) is 19.1 Å². The van der Waals surface area contributed by atoms with Gasteiger partial charge in [-0.2, -0.15) is 0 Å². The summed E-state index contributed by atoms with van der Waals surface area (Å²) in [5, 5.41) is 3.20. The maximum atomic E-state index is 13.6. The molecule has 2 aromatic carbocycles. The summed E-state index contributed by atoms with van der Waals surface area (Å²) in [4.78, 5) is 27.8. The Balaban J connectivity index is 2.40.